The topological polar surface area (TPSA) is 63.6 Å². The molecular weight excluding hydrogens is 172 g/mol. The molecule has 76 valence electrons. The molecule has 0 aromatic rings. The minimum absolute atomic E-state index is 0.135. The average Bonchev–Trinajstić information content (AvgIpc) is 2.02. The Kier molecular flexibility index (Phi) is 5.11. The Morgan fingerprint density at radius 3 is 2.31 bits per heavy atom. The molecule has 0 saturated carbocycles. The van der Waals surface area contributed by atoms with Crippen molar-refractivity contribution in [2.24, 2.45) is 5.92 Å². The van der Waals surface area contributed by atoms with E-state index in [1.807, 2.05) is 6.92 Å². The van der Waals surface area contributed by atoms with Gasteiger partial charge in [-0.25, -0.2) is 0 Å². The summed E-state index contributed by atoms with van der Waals surface area (Å²) in [5, 5.41) is 8.42. The predicted molar refractivity (Wildman–Crippen MR) is 47.3 cm³/mol. The zero-order valence-electron chi connectivity index (χ0n) is 8.24. The summed E-state index contributed by atoms with van der Waals surface area (Å²) in [6.45, 7) is 5.24. The fourth-order valence-corrected chi connectivity index (χ4v) is 0.743. The van der Waals surface area contributed by atoms with E-state index < -0.39 is 17.9 Å². The summed E-state index contributed by atoms with van der Waals surface area (Å²) in [7, 11) is 0. The van der Waals surface area contributed by atoms with E-state index in [4.69, 9.17) is 9.84 Å². The Hall–Kier alpha value is -1.06. The van der Waals surface area contributed by atoms with Gasteiger partial charge in [-0.1, -0.05) is 13.8 Å². The average molecular weight is 188 g/mol. The number of ether oxygens (including phenoxy) is 1. The molecule has 4 heteroatoms. The Labute approximate surface area is 77.9 Å². The monoisotopic (exact) mass is 188 g/mol. The van der Waals surface area contributed by atoms with Crippen LogP contribution in [0.1, 0.15) is 33.6 Å². The second-order valence-electron chi connectivity index (χ2n) is 3.15. The largest absolute Gasteiger partial charge is 0.481 e. The zero-order chi connectivity index (χ0) is 10.4. The molecule has 13 heavy (non-hydrogen) atoms. The first-order valence-corrected chi connectivity index (χ1v) is 4.39. The number of rotatable bonds is 5. The molecule has 0 heterocycles. The van der Waals surface area contributed by atoms with Crippen molar-refractivity contribution in [3.63, 3.8) is 0 Å². The van der Waals surface area contributed by atoms with Gasteiger partial charge in [-0.15, -0.1) is 0 Å². The highest BCUT2D eigenvalue weighted by Gasteiger charge is 2.19. The molecule has 0 aliphatic carbocycles. The van der Waals surface area contributed by atoms with Crippen LogP contribution in [0.15, 0.2) is 0 Å². The first-order chi connectivity index (χ1) is 5.97. The van der Waals surface area contributed by atoms with E-state index in [-0.39, 0.29) is 12.5 Å². The molecule has 0 spiro atoms. The minimum atomic E-state index is -0.978. The summed E-state index contributed by atoms with van der Waals surface area (Å²) in [5.41, 5.74) is 0. The van der Waals surface area contributed by atoms with Crippen molar-refractivity contribution in [3.8, 4) is 0 Å². The van der Waals surface area contributed by atoms with Crippen LogP contribution in [0.2, 0.25) is 0 Å². The second-order valence-corrected chi connectivity index (χ2v) is 3.15. The van der Waals surface area contributed by atoms with Crippen LogP contribution >= 0.6 is 0 Å². The summed E-state index contributed by atoms with van der Waals surface area (Å²) < 4.78 is 4.96. The highest BCUT2D eigenvalue weighted by molar-refractivity contribution is 5.78. The van der Waals surface area contributed by atoms with Gasteiger partial charge in [0.1, 0.15) is 0 Å². The van der Waals surface area contributed by atoms with Gasteiger partial charge in [-0.05, 0) is 13.3 Å². The van der Waals surface area contributed by atoms with Crippen molar-refractivity contribution < 1.29 is 19.4 Å². The number of hydrogen-bond acceptors (Lipinski definition) is 3. The minimum Gasteiger partial charge on any atom is -0.481 e. The quantitative estimate of drug-likeness (QED) is 0.663. The molecule has 0 rings (SSSR count). The number of carboxylic acids is 1. The molecular formula is C9H16O4. The Balaban J connectivity index is 3.89. The standard InChI is InChI=1S/C9H16O4/c1-4-7(3)13-9(12)6(2)5-8(10)11/h6-7H,4-5H2,1-3H3,(H,10,11). The summed E-state index contributed by atoms with van der Waals surface area (Å²) >= 11 is 0. The smallest absolute Gasteiger partial charge is 0.309 e. The van der Waals surface area contributed by atoms with Gasteiger partial charge in [0.05, 0.1) is 18.4 Å². The van der Waals surface area contributed by atoms with Crippen LogP contribution in [-0.2, 0) is 14.3 Å². The van der Waals surface area contributed by atoms with Crippen LogP contribution in [-0.4, -0.2) is 23.1 Å². The lowest BCUT2D eigenvalue weighted by Gasteiger charge is -2.13. The number of hydrogen-bond donors (Lipinski definition) is 1. The van der Waals surface area contributed by atoms with Crippen molar-refractivity contribution in [3.05, 3.63) is 0 Å². The lowest BCUT2D eigenvalue weighted by molar-refractivity contribution is -0.156. The third kappa shape index (κ3) is 5.22. The van der Waals surface area contributed by atoms with Crippen LogP contribution in [0.4, 0.5) is 0 Å². The van der Waals surface area contributed by atoms with E-state index in [0.29, 0.717) is 0 Å². The van der Waals surface area contributed by atoms with E-state index in [2.05, 4.69) is 0 Å². The summed E-state index contributed by atoms with van der Waals surface area (Å²) in [5.74, 6) is -1.98. The molecule has 0 aromatic carbocycles. The third-order valence-electron chi connectivity index (χ3n) is 1.78. The van der Waals surface area contributed by atoms with E-state index in [1.165, 1.54) is 0 Å². The number of esters is 1. The van der Waals surface area contributed by atoms with Crippen molar-refractivity contribution in [1.82, 2.24) is 0 Å². The second kappa shape index (κ2) is 5.56. The molecule has 2 unspecified atom stereocenters. The van der Waals surface area contributed by atoms with Crippen LogP contribution in [0, 0.1) is 5.92 Å². The first-order valence-electron chi connectivity index (χ1n) is 4.39. The molecule has 0 fully saturated rings. The molecule has 0 aliphatic heterocycles. The van der Waals surface area contributed by atoms with Gasteiger partial charge >= 0.3 is 11.9 Å². The lowest BCUT2D eigenvalue weighted by atomic mass is 10.1. The summed E-state index contributed by atoms with van der Waals surface area (Å²) in [6.07, 6.45) is 0.435. The van der Waals surface area contributed by atoms with Crippen molar-refractivity contribution >= 4 is 11.9 Å². The molecule has 1 N–H and O–H groups in total. The number of aliphatic carboxylic acids is 1. The van der Waals surface area contributed by atoms with Gasteiger partial charge in [0, 0.05) is 0 Å². The Bertz CT molecular complexity index is 188. The van der Waals surface area contributed by atoms with E-state index in [1.54, 1.807) is 13.8 Å². The number of carboxylic acid groups (broad SMARTS) is 1. The fourth-order valence-electron chi connectivity index (χ4n) is 0.743. The zero-order valence-corrected chi connectivity index (χ0v) is 8.24. The maximum atomic E-state index is 11.2. The SMILES string of the molecule is CCC(C)OC(=O)C(C)CC(=O)O. The van der Waals surface area contributed by atoms with Gasteiger partial charge < -0.3 is 9.84 Å². The maximum absolute atomic E-state index is 11.2. The Morgan fingerprint density at radius 1 is 1.38 bits per heavy atom. The summed E-state index contributed by atoms with van der Waals surface area (Å²) in [4.78, 5) is 21.4. The van der Waals surface area contributed by atoms with Gasteiger partial charge in [0.25, 0.3) is 0 Å². The molecule has 2 atom stereocenters. The van der Waals surface area contributed by atoms with E-state index >= 15 is 0 Å². The van der Waals surface area contributed by atoms with Gasteiger partial charge in [0.2, 0.25) is 0 Å². The molecule has 0 saturated heterocycles. The lowest BCUT2D eigenvalue weighted by Crippen LogP contribution is -2.22. The van der Waals surface area contributed by atoms with Crippen LogP contribution in [0.3, 0.4) is 0 Å². The third-order valence-corrected chi connectivity index (χ3v) is 1.78. The summed E-state index contributed by atoms with van der Waals surface area (Å²) in [6, 6.07) is 0. The Morgan fingerprint density at radius 2 is 1.92 bits per heavy atom. The predicted octanol–water partition coefficient (Wildman–Crippen LogP) is 1.44. The molecule has 0 aromatic heterocycles. The van der Waals surface area contributed by atoms with Crippen LogP contribution < -0.4 is 0 Å². The van der Waals surface area contributed by atoms with Crippen molar-refractivity contribution in [1.29, 1.82) is 0 Å². The molecule has 0 radical (unpaired) electrons. The molecule has 0 bridgehead atoms. The highest BCUT2D eigenvalue weighted by Crippen LogP contribution is 2.07. The van der Waals surface area contributed by atoms with Crippen molar-refractivity contribution in [2.75, 3.05) is 0 Å². The number of carbonyl (C=O) groups is 2. The number of carbonyl (C=O) groups excluding carboxylic acids is 1. The van der Waals surface area contributed by atoms with Crippen molar-refractivity contribution in [2.45, 2.75) is 39.7 Å². The molecule has 0 aliphatic rings. The van der Waals surface area contributed by atoms with Gasteiger partial charge in [0.15, 0.2) is 0 Å². The van der Waals surface area contributed by atoms with Gasteiger partial charge in [-0.2, -0.15) is 0 Å². The first kappa shape index (κ1) is 11.9. The fraction of sp³-hybridized carbons (Fsp3) is 0.778. The van der Waals surface area contributed by atoms with Crippen LogP contribution in [0.5, 0.6) is 0 Å². The van der Waals surface area contributed by atoms with Gasteiger partial charge in [-0.3, -0.25) is 9.59 Å². The normalized spacial score (nSPS) is 14.7. The molecule has 0 amide bonds. The van der Waals surface area contributed by atoms with E-state index in [9.17, 15) is 9.59 Å². The van der Waals surface area contributed by atoms with E-state index in [0.717, 1.165) is 6.42 Å². The maximum Gasteiger partial charge on any atom is 0.309 e. The highest BCUT2D eigenvalue weighted by atomic mass is 16.5. The van der Waals surface area contributed by atoms with Crippen LogP contribution in [0.25, 0.3) is 0 Å². The molecule has 4 nitrogen and oxygen atoms in total.